The summed E-state index contributed by atoms with van der Waals surface area (Å²) in [6, 6.07) is 7.18. The lowest BCUT2D eigenvalue weighted by Crippen LogP contribution is -2.08. The van der Waals surface area contributed by atoms with Gasteiger partial charge in [-0.05, 0) is 40.2 Å². The Morgan fingerprint density at radius 3 is 2.89 bits per heavy atom. The second-order valence-electron chi connectivity index (χ2n) is 3.88. The molecule has 0 fully saturated rings. The van der Waals surface area contributed by atoms with Crippen LogP contribution in [0.15, 0.2) is 34.1 Å². The van der Waals surface area contributed by atoms with Crippen molar-refractivity contribution in [3.63, 3.8) is 0 Å². The molecule has 1 heterocycles. The van der Waals surface area contributed by atoms with Crippen LogP contribution in [0.2, 0.25) is 0 Å². The molecule has 1 aromatic carbocycles. The Morgan fingerprint density at radius 1 is 1.47 bits per heavy atom. The fourth-order valence-corrected chi connectivity index (χ4v) is 3.01. The van der Waals surface area contributed by atoms with E-state index in [4.69, 9.17) is 10.5 Å². The second-order valence-corrected chi connectivity index (χ2v) is 5.79. The second kappa shape index (κ2) is 6.08. The van der Waals surface area contributed by atoms with Gasteiger partial charge in [-0.2, -0.15) is 0 Å². The van der Waals surface area contributed by atoms with E-state index in [2.05, 4.69) is 21.2 Å². The van der Waals surface area contributed by atoms with Gasteiger partial charge in [0.25, 0.3) is 0 Å². The quantitative estimate of drug-likeness (QED) is 0.660. The number of hydrogen-bond acceptors (Lipinski definition) is 5. The van der Waals surface area contributed by atoms with Crippen LogP contribution in [0.4, 0.5) is 11.4 Å². The largest absolute Gasteiger partial charge is 0.465 e. The smallest absolute Gasteiger partial charge is 0.340 e. The molecule has 6 heteroatoms. The lowest BCUT2D eigenvalue weighted by molar-refractivity contribution is 0.0602. The van der Waals surface area contributed by atoms with Crippen LogP contribution in [0, 0.1) is 0 Å². The summed E-state index contributed by atoms with van der Waals surface area (Å²) >= 11 is 5.05. The van der Waals surface area contributed by atoms with E-state index in [1.54, 1.807) is 29.5 Å². The number of nitrogens with two attached hydrogens (primary N) is 1. The van der Waals surface area contributed by atoms with E-state index in [1.807, 2.05) is 11.4 Å². The maximum Gasteiger partial charge on any atom is 0.340 e. The van der Waals surface area contributed by atoms with Gasteiger partial charge < -0.3 is 15.8 Å². The third-order valence-corrected chi connectivity index (χ3v) is 4.22. The lowest BCUT2D eigenvalue weighted by atomic mass is 10.1. The summed E-state index contributed by atoms with van der Waals surface area (Å²) in [5.74, 6) is -0.401. The molecule has 1 aromatic heterocycles. The highest BCUT2D eigenvalue weighted by Gasteiger charge is 2.12. The van der Waals surface area contributed by atoms with Crippen LogP contribution < -0.4 is 11.1 Å². The number of carbonyl (C=O) groups excluding carboxylic acids is 1. The molecule has 2 aromatic rings. The average Bonchev–Trinajstić information content (AvgIpc) is 2.82. The molecule has 0 aliphatic rings. The number of carbonyl (C=O) groups is 1. The van der Waals surface area contributed by atoms with Gasteiger partial charge >= 0.3 is 5.97 Å². The molecule has 0 saturated carbocycles. The van der Waals surface area contributed by atoms with Gasteiger partial charge in [-0.1, -0.05) is 0 Å². The van der Waals surface area contributed by atoms with Gasteiger partial charge in [-0.3, -0.25) is 0 Å². The standard InChI is InChI=1S/C13H13BrN2O2S/c1-18-13(17)11-5-9(15)2-3-12(11)16-6-10-4-8(14)7-19-10/h2-5,7,16H,6,15H2,1H3. The van der Waals surface area contributed by atoms with Crippen molar-refractivity contribution >= 4 is 44.6 Å². The zero-order valence-corrected chi connectivity index (χ0v) is 12.7. The van der Waals surface area contributed by atoms with E-state index in [-0.39, 0.29) is 0 Å². The molecule has 19 heavy (non-hydrogen) atoms. The first-order valence-electron chi connectivity index (χ1n) is 5.55. The van der Waals surface area contributed by atoms with E-state index in [1.165, 1.54) is 12.0 Å². The third-order valence-electron chi connectivity index (χ3n) is 2.52. The van der Waals surface area contributed by atoms with Crippen molar-refractivity contribution in [2.75, 3.05) is 18.2 Å². The van der Waals surface area contributed by atoms with E-state index >= 15 is 0 Å². The molecule has 0 spiro atoms. The summed E-state index contributed by atoms with van der Waals surface area (Å²) in [7, 11) is 1.35. The molecule has 0 atom stereocenters. The summed E-state index contributed by atoms with van der Waals surface area (Å²) in [6.45, 7) is 0.643. The number of anilines is 2. The molecule has 4 nitrogen and oxygen atoms in total. The van der Waals surface area contributed by atoms with E-state index in [0.29, 0.717) is 23.5 Å². The monoisotopic (exact) mass is 340 g/mol. The molecule has 0 aliphatic carbocycles. The average molecular weight is 341 g/mol. The van der Waals surface area contributed by atoms with Crippen molar-refractivity contribution in [3.05, 3.63) is 44.6 Å². The summed E-state index contributed by atoms with van der Waals surface area (Å²) in [5.41, 5.74) is 7.38. The van der Waals surface area contributed by atoms with Gasteiger partial charge in [0.1, 0.15) is 0 Å². The van der Waals surface area contributed by atoms with E-state index < -0.39 is 5.97 Å². The molecule has 3 N–H and O–H groups in total. The van der Waals surface area contributed by atoms with Crippen LogP contribution in [-0.2, 0) is 11.3 Å². The number of rotatable bonds is 4. The van der Waals surface area contributed by atoms with Gasteiger partial charge in [-0.15, -0.1) is 11.3 Å². The number of methoxy groups -OCH3 is 1. The van der Waals surface area contributed by atoms with Crippen LogP contribution in [0.5, 0.6) is 0 Å². The van der Waals surface area contributed by atoms with E-state index in [0.717, 1.165) is 4.47 Å². The van der Waals surface area contributed by atoms with Crippen molar-refractivity contribution in [2.24, 2.45) is 0 Å². The first-order chi connectivity index (χ1) is 9.10. The van der Waals surface area contributed by atoms with Crippen LogP contribution in [0.1, 0.15) is 15.2 Å². The maximum absolute atomic E-state index is 11.7. The first kappa shape index (κ1) is 13.9. The molecule has 0 radical (unpaired) electrons. The van der Waals surface area contributed by atoms with Crippen LogP contribution in [-0.4, -0.2) is 13.1 Å². The SMILES string of the molecule is COC(=O)c1cc(N)ccc1NCc1cc(Br)cs1. The minimum atomic E-state index is -0.401. The Hall–Kier alpha value is -1.53. The summed E-state index contributed by atoms with van der Waals surface area (Å²) < 4.78 is 5.80. The Kier molecular flexibility index (Phi) is 4.44. The number of halogens is 1. The highest BCUT2D eigenvalue weighted by atomic mass is 79.9. The molecule has 0 saturated heterocycles. The molecule has 0 amide bonds. The summed E-state index contributed by atoms with van der Waals surface area (Å²) in [6.07, 6.45) is 0. The Bertz CT molecular complexity index is 598. The topological polar surface area (TPSA) is 64.3 Å². The molecule has 100 valence electrons. The molecule has 0 unspecified atom stereocenters. The highest BCUT2D eigenvalue weighted by Crippen LogP contribution is 2.23. The molecule has 0 aliphatic heterocycles. The first-order valence-corrected chi connectivity index (χ1v) is 7.22. The molecule has 2 rings (SSSR count). The van der Waals surface area contributed by atoms with Crippen molar-refractivity contribution in [3.8, 4) is 0 Å². The number of esters is 1. The van der Waals surface area contributed by atoms with Crippen molar-refractivity contribution in [1.82, 2.24) is 0 Å². The highest BCUT2D eigenvalue weighted by molar-refractivity contribution is 9.10. The number of nitrogen functional groups attached to an aromatic ring is 1. The van der Waals surface area contributed by atoms with Crippen molar-refractivity contribution in [2.45, 2.75) is 6.54 Å². The Morgan fingerprint density at radius 2 is 2.26 bits per heavy atom. The number of hydrogen-bond donors (Lipinski definition) is 2. The maximum atomic E-state index is 11.7. The third kappa shape index (κ3) is 3.48. The zero-order valence-electron chi connectivity index (χ0n) is 10.3. The number of thiophene rings is 1. The lowest BCUT2D eigenvalue weighted by Gasteiger charge is -2.10. The van der Waals surface area contributed by atoms with E-state index in [9.17, 15) is 4.79 Å². The number of nitrogens with one attached hydrogen (secondary N) is 1. The van der Waals surface area contributed by atoms with Crippen LogP contribution >= 0.6 is 27.3 Å². The van der Waals surface area contributed by atoms with Crippen LogP contribution in [0.3, 0.4) is 0 Å². The number of ether oxygens (including phenoxy) is 1. The predicted molar refractivity (Wildman–Crippen MR) is 81.5 cm³/mol. The van der Waals surface area contributed by atoms with Gasteiger partial charge in [0.2, 0.25) is 0 Å². The van der Waals surface area contributed by atoms with Gasteiger partial charge in [0.05, 0.1) is 12.7 Å². The normalized spacial score (nSPS) is 10.2. The molecular weight excluding hydrogens is 328 g/mol. The fraction of sp³-hybridized carbons (Fsp3) is 0.154. The Labute approximate surface area is 123 Å². The van der Waals surface area contributed by atoms with Crippen LogP contribution in [0.25, 0.3) is 0 Å². The van der Waals surface area contributed by atoms with Crippen molar-refractivity contribution < 1.29 is 9.53 Å². The Balaban J connectivity index is 2.17. The minimum absolute atomic E-state index is 0.401. The fourth-order valence-electron chi connectivity index (χ4n) is 1.62. The predicted octanol–water partition coefficient (Wildman–Crippen LogP) is 3.49. The molecule has 0 bridgehead atoms. The molecular formula is C13H13BrN2O2S. The van der Waals surface area contributed by atoms with Gasteiger partial charge in [-0.25, -0.2) is 4.79 Å². The minimum Gasteiger partial charge on any atom is -0.465 e. The summed E-state index contributed by atoms with van der Waals surface area (Å²) in [4.78, 5) is 12.8. The van der Waals surface area contributed by atoms with Crippen molar-refractivity contribution in [1.29, 1.82) is 0 Å². The summed E-state index contributed by atoms with van der Waals surface area (Å²) in [5, 5.41) is 5.23. The van der Waals surface area contributed by atoms with Gasteiger partial charge in [0.15, 0.2) is 0 Å². The zero-order chi connectivity index (χ0) is 13.8. The van der Waals surface area contributed by atoms with Gasteiger partial charge in [0, 0.05) is 32.6 Å². The number of benzene rings is 1.